The minimum absolute atomic E-state index is 0. The number of rotatable bonds is 4. The Morgan fingerprint density at radius 1 is 1.24 bits per heavy atom. The Morgan fingerprint density at radius 3 is 2.38 bits per heavy atom. The number of benzene rings is 1. The molecule has 0 amide bonds. The molecule has 0 aromatic heterocycles. The zero-order chi connectivity index (χ0) is 13.8. The van der Waals surface area contributed by atoms with Crippen LogP contribution in [0.4, 0.5) is 8.78 Å². The molecule has 8 heteroatoms. The Morgan fingerprint density at radius 2 is 1.86 bits per heavy atom. The van der Waals surface area contributed by atoms with Gasteiger partial charge in [-0.15, -0.1) is 24.8 Å². The second-order valence-corrected chi connectivity index (χ2v) is 5.31. The van der Waals surface area contributed by atoms with Crippen LogP contribution in [0.2, 0.25) is 0 Å². The van der Waals surface area contributed by atoms with Crippen molar-refractivity contribution >= 4 is 40.7 Å². The van der Waals surface area contributed by atoms with Crippen molar-refractivity contribution in [3.63, 3.8) is 0 Å². The topological polar surface area (TPSA) is 24.5 Å². The predicted molar refractivity (Wildman–Crippen MR) is 88.4 cm³/mol. The number of hydrogen-bond donors (Lipinski definition) is 1. The van der Waals surface area contributed by atoms with Crippen LogP contribution in [0.25, 0.3) is 0 Å². The van der Waals surface area contributed by atoms with Gasteiger partial charge in [-0.25, -0.2) is 8.78 Å². The number of halogens is 5. The number of methoxy groups -OCH3 is 1. The molecule has 1 aliphatic rings. The summed E-state index contributed by atoms with van der Waals surface area (Å²) in [6, 6.07) is 4.30. The van der Waals surface area contributed by atoms with Crippen molar-refractivity contribution in [2.45, 2.75) is 12.5 Å². The lowest BCUT2D eigenvalue weighted by Gasteiger charge is -2.35. The van der Waals surface area contributed by atoms with E-state index in [1.165, 1.54) is 7.11 Å². The molecule has 0 unspecified atom stereocenters. The molecule has 0 saturated carbocycles. The molecule has 0 spiro atoms. The molecular weight excluding hydrogens is 389 g/mol. The maximum Gasteiger partial charge on any atom is 0.258 e. The molecule has 0 radical (unpaired) electrons. The number of nitrogens with zero attached hydrogens (tertiary/aromatic N) is 1. The van der Waals surface area contributed by atoms with E-state index in [0.29, 0.717) is 28.9 Å². The van der Waals surface area contributed by atoms with Gasteiger partial charge in [0.2, 0.25) is 0 Å². The van der Waals surface area contributed by atoms with E-state index in [1.54, 1.807) is 18.2 Å². The number of nitrogens with one attached hydrogen (secondary N) is 1. The predicted octanol–water partition coefficient (Wildman–Crippen LogP) is 3.51. The van der Waals surface area contributed by atoms with Gasteiger partial charge in [-0.1, -0.05) is 15.9 Å². The van der Waals surface area contributed by atoms with Crippen molar-refractivity contribution in [3.8, 4) is 5.75 Å². The summed E-state index contributed by atoms with van der Waals surface area (Å²) >= 11 is 3.36. The van der Waals surface area contributed by atoms with Gasteiger partial charge in [0.25, 0.3) is 6.43 Å². The van der Waals surface area contributed by atoms with E-state index in [9.17, 15) is 8.78 Å². The Hall–Kier alpha value is -0.140. The van der Waals surface area contributed by atoms with Crippen LogP contribution in [-0.2, 0) is 0 Å². The minimum Gasteiger partial charge on any atom is -0.497 e. The van der Waals surface area contributed by atoms with E-state index < -0.39 is 12.5 Å². The molecule has 3 nitrogen and oxygen atoms in total. The van der Waals surface area contributed by atoms with Gasteiger partial charge >= 0.3 is 0 Å². The number of hydrogen-bond acceptors (Lipinski definition) is 3. The monoisotopic (exact) mass is 406 g/mol. The van der Waals surface area contributed by atoms with Crippen molar-refractivity contribution in [3.05, 3.63) is 28.2 Å². The van der Waals surface area contributed by atoms with E-state index in [1.807, 2.05) is 4.90 Å². The SMILES string of the molecule is COc1ccc(Br)c([C@@H](C(F)F)N2CCNCC2)c1.Cl.Cl. The highest BCUT2D eigenvalue weighted by molar-refractivity contribution is 9.10. The Kier molecular flexibility index (Phi) is 9.73. The molecule has 0 aliphatic carbocycles. The lowest BCUT2D eigenvalue weighted by atomic mass is 10.0. The first-order valence-corrected chi connectivity index (χ1v) is 6.99. The third kappa shape index (κ3) is 5.21. The molecule has 1 heterocycles. The molecule has 1 atom stereocenters. The molecule has 2 rings (SSSR count). The molecule has 1 N–H and O–H groups in total. The molecule has 1 fully saturated rings. The van der Waals surface area contributed by atoms with Crippen molar-refractivity contribution in [2.24, 2.45) is 0 Å². The zero-order valence-electron chi connectivity index (χ0n) is 11.5. The van der Waals surface area contributed by atoms with Gasteiger partial charge < -0.3 is 10.1 Å². The van der Waals surface area contributed by atoms with E-state index in [2.05, 4.69) is 21.2 Å². The number of ether oxygens (including phenoxy) is 1. The standard InChI is InChI=1S/C13H17BrF2N2O.2ClH/c1-19-9-2-3-11(14)10(8-9)12(13(15)16)18-6-4-17-5-7-18;;/h2-3,8,12-13,17H,4-7H2,1H3;2*1H/t12-;;/m0../s1. The van der Waals surface area contributed by atoms with Crippen molar-refractivity contribution < 1.29 is 13.5 Å². The third-order valence-corrected chi connectivity index (χ3v) is 4.03. The van der Waals surface area contributed by atoms with Crippen LogP contribution in [-0.4, -0.2) is 44.6 Å². The Bertz CT molecular complexity index is 435. The lowest BCUT2D eigenvalue weighted by Crippen LogP contribution is -2.47. The van der Waals surface area contributed by atoms with Gasteiger partial charge in [0.1, 0.15) is 5.75 Å². The van der Waals surface area contributed by atoms with E-state index >= 15 is 0 Å². The van der Waals surface area contributed by atoms with Crippen LogP contribution in [0, 0.1) is 0 Å². The first-order chi connectivity index (χ1) is 9.13. The summed E-state index contributed by atoms with van der Waals surface area (Å²) in [6.07, 6.45) is -2.43. The summed E-state index contributed by atoms with van der Waals surface area (Å²) in [5.41, 5.74) is 0.580. The molecule has 1 aromatic carbocycles. The second kappa shape index (κ2) is 9.79. The van der Waals surface area contributed by atoms with Crippen LogP contribution in [0.5, 0.6) is 5.75 Å². The number of piperazine rings is 1. The summed E-state index contributed by atoms with van der Waals surface area (Å²) in [5.74, 6) is 0.596. The van der Waals surface area contributed by atoms with Crippen LogP contribution < -0.4 is 10.1 Å². The van der Waals surface area contributed by atoms with Crippen molar-refractivity contribution in [2.75, 3.05) is 33.3 Å². The molecular formula is C13H19BrCl2F2N2O. The van der Waals surface area contributed by atoms with Crippen LogP contribution >= 0.6 is 40.7 Å². The van der Waals surface area contributed by atoms with Gasteiger partial charge in [0, 0.05) is 30.7 Å². The second-order valence-electron chi connectivity index (χ2n) is 4.45. The van der Waals surface area contributed by atoms with Gasteiger partial charge in [-0.3, -0.25) is 4.90 Å². The molecule has 122 valence electrons. The Labute approximate surface area is 144 Å². The van der Waals surface area contributed by atoms with Crippen molar-refractivity contribution in [1.29, 1.82) is 0 Å². The fourth-order valence-corrected chi connectivity index (χ4v) is 2.81. The third-order valence-electron chi connectivity index (χ3n) is 3.31. The highest BCUT2D eigenvalue weighted by Gasteiger charge is 2.31. The lowest BCUT2D eigenvalue weighted by molar-refractivity contribution is 0.0177. The zero-order valence-corrected chi connectivity index (χ0v) is 14.7. The average molecular weight is 408 g/mol. The van der Waals surface area contributed by atoms with Crippen molar-refractivity contribution in [1.82, 2.24) is 10.2 Å². The largest absolute Gasteiger partial charge is 0.497 e. The first kappa shape index (κ1) is 20.9. The number of alkyl halides is 2. The van der Waals surface area contributed by atoms with Gasteiger partial charge in [0.05, 0.1) is 13.2 Å². The first-order valence-electron chi connectivity index (χ1n) is 6.20. The maximum absolute atomic E-state index is 13.5. The summed E-state index contributed by atoms with van der Waals surface area (Å²) in [7, 11) is 1.54. The normalized spacial score (nSPS) is 16.8. The maximum atomic E-state index is 13.5. The van der Waals surface area contributed by atoms with E-state index in [-0.39, 0.29) is 24.8 Å². The summed E-state index contributed by atoms with van der Waals surface area (Å²) in [6.45, 7) is 2.73. The van der Waals surface area contributed by atoms with Gasteiger partial charge in [-0.05, 0) is 23.8 Å². The summed E-state index contributed by atoms with van der Waals surface area (Å²) in [4.78, 5) is 1.82. The molecule has 0 bridgehead atoms. The molecule has 1 aromatic rings. The molecule has 21 heavy (non-hydrogen) atoms. The van der Waals surface area contributed by atoms with E-state index in [4.69, 9.17) is 4.74 Å². The average Bonchev–Trinajstić information content (AvgIpc) is 2.42. The highest BCUT2D eigenvalue weighted by Crippen LogP contribution is 2.35. The fraction of sp³-hybridized carbons (Fsp3) is 0.538. The van der Waals surface area contributed by atoms with Gasteiger partial charge in [0.15, 0.2) is 0 Å². The summed E-state index contributed by atoms with van der Waals surface area (Å²) < 4.78 is 32.7. The summed E-state index contributed by atoms with van der Waals surface area (Å²) in [5, 5.41) is 3.17. The highest BCUT2D eigenvalue weighted by atomic mass is 79.9. The van der Waals surface area contributed by atoms with E-state index in [0.717, 1.165) is 13.1 Å². The van der Waals surface area contributed by atoms with Crippen LogP contribution in [0.3, 0.4) is 0 Å². The quantitative estimate of drug-likeness (QED) is 0.826. The smallest absolute Gasteiger partial charge is 0.258 e. The Balaban J connectivity index is 0.00000200. The van der Waals surface area contributed by atoms with Gasteiger partial charge in [-0.2, -0.15) is 0 Å². The fourth-order valence-electron chi connectivity index (χ4n) is 2.33. The molecule has 1 saturated heterocycles. The minimum atomic E-state index is -2.43. The molecule has 1 aliphatic heterocycles. The van der Waals surface area contributed by atoms with Crippen LogP contribution in [0.15, 0.2) is 22.7 Å². The van der Waals surface area contributed by atoms with Crippen LogP contribution in [0.1, 0.15) is 11.6 Å².